The molecule has 18 heavy (non-hydrogen) atoms. The van der Waals surface area contributed by atoms with Crippen LogP contribution in [0.3, 0.4) is 0 Å². The molecule has 0 atom stereocenters. The van der Waals surface area contributed by atoms with Crippen molar-refractivity contribution in [1.29, 1.82) is 0 Å². The third-order valence-electron chi connectivity index (χ3n) is 2.57. The minimum atomic E-state index is 0.209. The molecule has 0 aliphatic heterocycles. The van der Waals surface area contributed by atoms with Gasteiger partial charge in [-0.15, -0.1) is 0 Å². The number of halogens is 1. The maximum atomic E-state index is 9.62. The number of aromatic hydroxyl groups is 1. The Morgan fingerprint density at radius 1 is 0.833 bits per heavy atom. The molecule has 0 aliphatic rings. The zero-order chi connectivity index (χ0) is 13.1. The van der Waals surface area contributed by atoms with E-state index in [1.165, 1.54) is 0 Å². The fraction of sp³-hybridized carbons (Fsp3) is 0.143. The van der Waals surface area contributed by atoms with Gasteiger partial charge in [-0.3, -0.25) is 0 Å². The van der Waals surface area contributed by atoms with Crippen molar-refractivity contribution in [2.75, 3.05) is 14.2 Å². The molecule has 3 nitrogen and oxygen atoms in total. The second kappa shape index (κ2) is 5.31. The van der Waals surface area contributed by atoms with Crippen LogP contribution in [-0.2, 0) is 0 Å². The van der Waals surface area contributed by atoms with Gasteiger partial charge in [-0.05, 0) is 41.5 Å². The summed E-state index contributed by atoms with van der Waals surface area (Å²) in [6.07, 6.45) is 0. The number of methoxy groups -OCH3 is 2. The summed E-state index contributed by atoms with van der Waals surface area (Å²) in [5.41, 5.74) is 1.81. The molecule has 0 spiro atoms. The van der Waals surface area contributed by atoms with Crippen LogP contribution >= 0.6 is 15.9 Å². The number of benzene rings is 2. The molecule has 0 saturated carbocycles. The number of ether oxygens (including phenoxy) is 2. The van der Waals surface area contributed by atoms with E-state index in [9.17, 15) is 5.11 Å². The van der Waals surface area contributed by atoms with E-state index in [0.717, 1.165) is 15.6 Å². The van der Waals surface area contributed by atoms with Gasteiger partial charge < -0.3 is 14.6 Å². The summed E-state index contributed by atoms with van der Waals surface area (Å²) in [5, 5.41) is 9.62. The zero-order valence-corrected chi connectivity index (χ0v) is 11.7. The standard InChI is InChI=1S/C14H13BrO3/c1-17-13-5-10(6-14(8-13)18-2)9-3-11(15)7-12(16)4-9/h3-8,16H,1-2H3. The predicted octanol–water partition coefficient (Wildman–Crippen LogP) is 3.84. The first-order valence-electron chi connectivity index (χ1n) is 5.35. The van der Waals surface area contributed by atoms with Gasteiger partial charge in [0.25, 0.3) is 0 Å². The Morgan fingerprint density at radius 2 is 1.39 bits per heavy atom. The lowest BCUT2D eigenvalue weighted by molar-refractivity contribution is 0.394. The highest BCUT2D eigenvalue weighted by atomic mass is 79.9. The molecule has 0 aliphatic carbocycles. The highest BCUT2D eigenvalue weighted by Crippen LogP contribution is 2.33. The maximum absolute atomic E-state index is 9.62. The third kappa shape index (κ3) is 2.76. The van der Waals surface area contributed by atoms with Crippen molar-refractivity contribution in [3.8, 4) is 28.4 Å². The predicted molar refractivity (Wildman–Crippen MR) is 74.3 cm³/mol. The molecule has 0 radical (unpaired) electrons. The Morgan fingerprint density at radius 3 is 1.89 bits per heavy atom. The van der Waals surface area contributed by atoms with Crippen LogP contribution in [0.2, 0.25) is 0 Å². The molecule has 2 aromatic carbocycles. The van der Waals surface area contributed by atoms with E-state index in [0.29, 0.717) is 11.5 Å². The van der Waals surface area contributed by atoms with Crippen LogP contribution < -0.4 is 9.47 Å². The molecule has 0 fully saturated rings. The molecule has 0 bridgehead atoms. The van der Waals surface area contributed by atoms with E-state index >= 15 is 0 Å². The molecule has 2 aromatic rings. The average molecular weight is 309 g/mol. The topological polar surface area (TPSA) is 38.7 Å². The summed E-state index contributed by atoms with van der Waals surface area (Å²) in [5.74, 6) is 1.63. The highest BCUT2D eigenvalue weighted by molar-refractivity contribution is 9.10. The average Bonchev–Trinajstić information content (AvgIpc) is 2.37. The van der Waals surface area contributed by atoms with E-state index in [1.54, 1.807) is 32.4 Å². The lowest BCUT2D eigenvalue weighted by Gasteiger charge is -2.09. The molecule has 4 heteroatoms. The summed E-state index contributed by atoms with van der Waals surface area (Å²) in [6.45, 7) is 0. The summed E-state index contributed by atoms with van der Waals surface area (Å²) >= 11 is 3.36. The van der Waals surface area contributed by atoms with Crippen LogP contribution in [-0.4, -0.2) is 19.3 Å². The third-order valence-corrected chi connectivity index (χ3v) is 3.03. The summed E-state index contributed by atoms with van der Waals surface area (Å²) < 4.78 is 11.3. The quantitative estimate of drug-likeness (QED) is 0.936. The lowest BCUT2D eigenvalue weighted by atomic mass is 10.0. The molecular formula is C14H13BrO3. The van der Waals surface area contributed by atoms with Crippen LogP contribution in [0, 0.1) is 0 Å². The highest BCUT2D eigenvalue weighted by Gasteiger charge is 2.06. The largest absolute Gasteiger partial charge is 0.508 e. The second-order valence-corrected chi connectivity index (χ2v) is 4.72. The van der Waals surface area contributed by atoms with Gasteiger partial charge in [0.1, 0.15) is 17.2 Å². The number of hydrogen-bond acceptors (Lipinski definition) is 3. The second-order valence-electron chi connectivity index (χ2n) is 3.80. The van der Waals surface area contributed by atoms with Crippen LogP contribution in [0.25, 0.3) is 11.1 Å². The van der Waals surface area contributed by atoms with Crippen LogP contribution in [0.15, 0.2) is 40.9 Å². The van der Waals surface area contributed by atoms with Crippen LogP contribution in [0.1, 0.15) is 0 Å². The normalized spacial score (nSPS) is 10.2. The Kier molecular flexibility index (Phi) is 3.77. The molecule has 0 amide bonds. The number of rotatable bonds is 3. The van der Waals surface area contributed by atoms with E-state index in [2.05, 4.69) is 15.9 Å². The molecule has 0 heterocycles. The first kappa shape index (κ1) is 12.8. The Balaban J connectivity index is 2.55. The number of hydrogen-bond donors (Lipinski definition) is 1. The summed E-state index contributed by atoms with van der Waals surface area (Å²) in [6, 6.07) is 10.8. The van der Waals surface area contributed by atoms with Crippen molar-refractivity contribution in [1.82, 2.24) is 0 Å². The first-order chi connectivity index (χ1) is 8.62. The van der Waals surface area contributed by atoms with Crippen molar-refractivity contribution in [2.24, 2.45) is 0 Å². The van der Waals surface area contributed by atoms with Gasteiger partial charge in [0.15, 0.2) is 0 Å². The van der Waals surface area contributed by atoms with Crippen molar-refractivity contribution in [2.45, 2.75) is 0 Å². The van der Waals surface area contributed by atoms with Crippen LogP contribution in [0.5, 0.6) is 17.2 Å². The van der Waals surface area contributed by atoms with Gasteiger partial charge in [0.2, 0.25) is 0 Å². The van der Waals surface area contributed by atoms with Crippen LogP contribution in [0.4, 0.5) is 0 Å². The van der Waals surface area contributed by atoms with Crippen molar-refractivity contribution >= 4 is 15.9 Å². The van der Waals surface area contributed by atoms with E-state index < -0.39 is 0 Å². The molecule has 0 saturated heterocycles. The molecule has 0 aromatic heterocycles. The van der Waals surface area contributed by atoms with Gasteiger partial charge in [0.05, 0.1) is 14.2 Å². The number of phenols is 1. The Bertz CT molecular complexity index is 524. The van der Waals surface area contributed by atoms with Gasteiger partial charge in [0, 0.05) is 10.5 Å². The van der Waals surface area contributed by atoms with E-state index in [4.69, 9.17) is 9.47 Å². The molecule has 0 unspecified atom stereocenters. The molecule has 1 N–H and O–H groups in total. The van der Waals surface area contributed by atoms with E-state index in [-0.39, 0.29) is 5.75 Å². The van der Waals surface area contributed by atoms with Crippen molar-refractivity contribution < 1.29 is 14.6 Å². The Labute approximate surface area is 114 Å². The zero-order valence-electron chi connectivity index (χ0n) is 10.1. The minimum Gasteiger partial charge on any atom is -0.508 e. The fourth-order valence-electron chi connectivity index (χ4n) is 1.71. The lowest BCUT2D eigenvalue weighted by Crippen LogP contribution is -1.89. The van der Waals surface area contributed by atoms with Crippen molar-refractivity contribution in [3.05, 3.63) is 40.9 Å². The monoisotopic (exact) mass is 308 g/mol. The van der Waals surface area contributed by atoms with Gasteiger partial charge >= 0.3 is 0 Å². The summed E-state index contributed by atoms with van der Waals surface area (Å²) in [7, 11) is 3.22. The fourth-order valence-corrected chi connectivity index (χ4v) is 2.20. The van der Waals surface area contributed by atoms with Crippen molar-refractivity contribution in [3.63, 3.8) is 0 Å². The molecule has 2 rings (SSSR count). The summed E-state index contributed by atoms with van der Waals surface area (Å²) in [4.78, 5) is 0. The van der Waals surface area contributed by atoms with Gasteiger partial charge in [-0.1, -0.05) is 15.9 Å². The first-order valence-corrected chi connectivity index (χ1v) is 6.14. The Hall–Kier alpha value is -1.68. The minimum absolute atomic E-state index is 0.209. The maximum Gasteiger partial charge on any atom is 0.123 e. The molecule has 94 valence electrons. The smallest absolute Gasteiger partial charge is 0.123 e. The SMILES string of the molecule is COc1cc(OC)cc(-c2cc(O)cc(Br)c2)c1. The number of phenolic OH excluding ortho intramolecular Hbond substituents is 1. The van der Waals surface area contributed by atoms with Gasteiger partial charge in [-0.25, -0.2) is 0 Å². The molecular weight excluding hydrogens is 296 g/mol. The van der Waals surface area contributed by atoms with Gasteiger partial charge in [-0.2, -0.15) is 0 Å². The van der Waals surface area contributed by atoms with E-state index in [1.807, 2.05) is 18.2 Å².